The Morgan fingerprint density at radius 2 is 2.00 bits per heavy atom. The van der Waals surface area contributed by atoms with Crippen molar-refractivity contribution in [2.45, 2.75) is 13.3 Å². The van der Waals surface area contributed by atoms with E-state index in [0.29, 0.717) is 22.3 Å². The first-order valence-corrected chi connectivity index (χ1v) is 9.23. The fraction of sp³-hybridized carbons (Fsp3) is 0.222. The third-order valence-corrected chi connectivity index (χ3v) is 5.43. The highest BCUT2D eigenvalue weighted by molar-refractivity contribution is 9.10. The van der Waals surface area contributed by atoms with Gasteiger partial charge in [0.1, 0.15) is 0 Å². The van der Waals surface area contributed by atoms with Crippen LogP contribution in [0.25, 0.3) is 0 Å². The second-order valence-corrected chi connectivity index (χ2v) is 7.63. The lowest BCUT2D eigenvalue weighted by Gasteiger charge is -2.19. The first kappa shape index (κ1) is 18.2. The monoisotopic (exact) mass is 440 g/mol. The van der Waals surface area contributed by atoms with E-state index in [-0.39, 0.29) is 18.2 Å². The number of nitrogens with zero attached hydrogens (tertiary/aromatic N) is 1. The predicted molar refractivity (Wildman–Crippen MR) is 104 cm³/mol. The Morgan fingerprint density at radius 3 is 2.72 bits per heavy atom. The van der Waals surface area contributed by atoms with E-state index in [1.165, 1.54) is 0 Å². The third kappa shape index (κ3) is 3.84. The Hall–Kier alpha value is -1.56. The molecule has 1 atom stereocenters. The number of benzene rings is 2. The number of nitrogens with one attached hydrogen (secondary N) is 1. The molecule has 4 nitrogen and oxygen atoms in total. The predicted octanol–water partition coefficient (Wildman–Crippen LogP) is 5.06. The van der Waals surface area contributed by atoms with E-state index in [4.69, 9.17) is 23.2 Å². The standard InChI is InChI=1S/C18H15BrCl2N2O2/c1-10-13(20)3-2-4-16(10)23-9-11(7-17(23)24)18(25)22-15-6-5-12(19)8-14(15)21/h2-6,8,11H,7,9H2,1H3,(H,22,25)/t11-/m0/s1. The van der Waals surface area contributed by atoms with Gasteiger partial charge < -0.3 is 10.2 Å². The summed E-state index contributed by atoms with van der Waals surface area (Å²) in [6, 6.07) is 10.6. The van der Waals surface area contributed by atoms with E-state index in [2.05, 4.69) is 21.2 Å². The Labute approximate surface area is 164 Å². The Kier molecular flexibility index (Phi) is 5.37. The van der Waals surface area contributed by atoms with Crippen molar-refractivity contribution < 1.29 is 9.59 Å². The van der Waals surface area contributed by atoms with Crippen molar-refractivity contribution in [3.63, 3.8) is 0 Å². The number of amides is 2. The summed E-state index contributed by atoms with van der Waals surface area (Å²) in [4.78, 5) is 26.5. The summed E-state index contributed by atoms with van der Waals surface area (Å²) in [7, 11) is 0. The summed E-state index contributed by atoms with van der Waals surface area (Å²) in [5.41, 5.74) is 2.10. The number of anilines is 2. The minimum atomic E-state index is -0.439. The molecule has 0 radical (unpaired) electrons. The van der Waals surface area contributed by atoms with Crippen molar-refractivity contribution in [1.29, 1.82) is 0 Å². The summed E-state index contributed by atoms with van der Waals surface area (Å²) < 4.78 is 0.828. The largest absolute Gasteiger partial charge is 0.324 e. The molecule has 2 aromatic rings. The quantitative estimate of drug-likeness (QED) is 0.723. The van der Waals surface area contributed by atoms with Gasteiger partial charge in [0.05, 0.1) is 16.6 Å². The van der Waals surface area contributed by atoms with Crippen LogP contribution < -0.4 is 10.2 Å². The SMILES string of the molecule is Cc1c(Cl)cccc1N1C[C@@H](C(=O)Nc2ccc(Br)cc2Cl)CC1=O. The summed E-state index contributed by atoms with van der Waals surface area (Å²) in [5, 5.41) is 3.84. The topological polar surface area (TPSA) is 49.4 Å². The number of hydrogen-bond donors (Lipinski definition) is 1. The molecule has 1 heterocycles. The highest BCUT2D eigenvalue weighted by atomic mass is 79.9. The molecule has 1 aliphatic heterocycles. The fourth-order valence-electron chi connectivity index (χ4n) is 2.83. The second-order valence-electron chi connectivity index (χ2n) is 5.90. The van der Waals surface area contributed by atoms with Gasteiger partial charge in [-0.05, 0) is 42.8 Å². The van der Waals surface area contributed by atoms with Crippen LogP contribution in [0.1, 0.15) is 12.0 Å². The molecule has 0 spiro atoms. The Bertz CT molecular complexity index is 857. The van der Waals surface area contributed by atoms with Gasteiger partial charge in [-0.2, -0.15) is 0 Å². The van der Waals surface area contributed by atoms with Crippen LogP contribution in [0, 0.1) is 12.8 Å². The van der Waals surface area contributed by atoms with Crippen molar-refractivity contribution in [1.82, 2.24) is 0 Å². The van der Waals surface area contributed by atoms with E-state index in [1.54, 1.807) is 35.2 Å². The van der Waals surface area contributed by atoms with Crippen LogP contribution in [0.15, 0.2) is 40.9 Å². The molecule has 1 saturated heterocycles. The summed E-state index contributed by atoms with van der Waals surface area (Å²) in [6.07, 6.45) is 0.159. The van der Waals surface area contributed by atoms with Crippen molar-refractivity contribution in [3.05, 3.63) is 56.5 Å². The normalized spacial score (nSPS) is 17.0. The second kappa shape index (κ2) is 7.36. The number of carbonyl (C=O) groups excluding carboxylic acids is 2. The molecule has 1 N–H and O–H groups in total. The van der Waals surface area contributed by atoms with E-state index in [1.807, 2.05) is 13.0 Å². The average molecular weight is 442 g/mol. The summed E-state index contributed by atoms with van der Waals surface area (Å²) in [6.45, 7) is 2.18. The molecule has 130 valence electrons. The Balaban J connectivity index is 1.75. The molecule has 0 aliphatic carbocycles. The van der Waals surface area contributed by atoms with E-state index in [9.17, 15) is 9.59 Å². The van der Waals surface area contributed by atoms with Crippen LogP contribution >= 0.6 is 39.1 Å². The third-order valence-electron chi connectivity index (χ3n) is 4.21. The van der Waals surface area contributed by atoms with Crippen molar-refractivity contribution in [2.75, 3.05) is 16.8 Å². The van der Waals surface area contributed by atoms with Gasteiger partial charge in [-0.1, -0.05) is 45.2 Å². The minimum Gasteiger partial charge on any atom is -0.324 e. The Morgan fingerprint density at radius 1 is 1.24 bits per heavy atom. The van der Waals surface area contributed by atoms with Gasteiger partial charge in [0, 0.05) is 28.1 Å². The first-order valence-electron chi connectivity index (χ1n) is 7.68. The lowest BCUT2D eigenvalue weighted by Crippen LogP contribution is -2.28. The fourth-order valence-corrected chi connectivity index (χ4v) is 3.72. The minimum absolute atomic E-state index is 0.0904. The zero-order valence-corrected chi connectivity index (χ0v) is 16.5. The number of rotatable bonds is 3. The molecule has 0 unspecified atom stereocenters. The molecule has 1 fully saturated rings. The maximum absolute atomic E-state index is 12.5. The molecule has 0 aromatic heterocycles. The van der Waals surface area contributed by atoms with E-state index in [0.717, 1.165) is 15.7 Å². The molecular weight excluding hydrogens is 427 g/mol. The average Bonchev–Trinajstić information content (AvgIpc) is 2.94. The van der Waals surface area contributed by atoms with E-state index < -0.39 is 5.92 Å². The van der Waals surface area contributed by atoms with Gasteiger partial charge in [0.15, 0.2) is 0 Å². The maximum Gasteiger partial charge on any atom is 0.229 e. The zero-order valence-electron chi connectivity index (χ0n) is 13.4. The van der Waals surface area contributed by atoms with Gasteiger partial charge in [-0.25, -0.2) is 0 Å². The van der Waals surface area contributed by atoms with Crippen LogP contribution in [0.3, 0.4) is 0 Å². The van der Waals surface area contributed by atoms with Crippen LogP contribution in [0.2, 0.25) is 10.0 Å². The van der Waals surface area contributed by atoms with Gasteiger partial charge in [-0.3, -0.25) is 9.59 Å². The van der Waals surface area contributed by atoms with Crippen LogP contribution in [0.5, 0.6) is 0 Å². The van der Waals surface area contributed by atoms with Gasteiger partial charge >= 0.3 is 0 Å². The smallest absolute Gasteiger partial charge is 0.229 e. The van der Waals surface area contributed by atoms with Crippen LogP contribution in [-0.4, -0.2) is 18.4 Å². The van der Waals surface area contributed by atoms with Gasteiger partial charge in [0.2, 0.25) is 11.8 Å². The molecule has 25 heavy (non-hydrogen) atoms. The summed E-state index contributed by atoms with van der Waals surface area (Å²) in [5.74, 6) is -0.752. The van der Waals surface area contributed by atoms with E-state index >= 15 is 0 Å². The maximum atomic E-state index is 12.5. The number of carbonyl (C=O) groups is 2. The lowest BCUT2D eigenvalue weighted by atomic mass is 10.1. The molecular formula is C18H15BrCl2N2O2. The molecule has 2 aromatic carbocycles. The lowest BCUT2D eigenvalue weighted by molar-refractivity contribution is -0.122. The summed E-state index contributed by atoms with van der Waals surface area (Å²) >= 11 is 15.6. The van der Waals surface area contributed by atoms with Crippen molar-refractivity contribution in [3.8, 4) is 0 Å². The molecule has 0 saturated carbocycles. The highest BCUT2D eigenvalue weighted by Crippen LogP contribution is 2.32. The highest BCUT2D eigenvalue weighted by Gasteiger charge is 2.36. The molecule has 7 heteroatoms. The molecule has 2 amide bonds. The number of halogens is 3. The van der Waals surface area contributed by atoms with Crippen molar-refractivity contribution in [2.24, 2.45) is 5.92 Å². The molecule has 3 rings (SSSR count). The van der Waals surface area contributed by atoms with Crippen molar-refractivity contribution >= 4 is 62.3 Å². The van der Waals surface area contributed by atoms with Crippen LogP contribution in [0.4, 0.5) is 11.4 Å². The van der Waals surface area contributed by atoms with Crippen LogP contribution in [-0.2, 0) is 9.59 Å². The molecule has 0 bridgehead atoms. The van der Waals surface area contributed by atoms with Gasteiger partial charge in [-0.15, -0.1) is 0 Å². The number of hydrogen-bond acceptors (Lipinski definition) is 2. The first-order chi connectivity index (χ1) is 11.9. The van der Waals surface area contributed by atoms with Gasteiger partial charge in [0.25, 0.3) is 0 Å². The molecule has 1 aliphatic rings. The zero-order chi connectivity index (χ0) is 18.1.